The maximum absolute atomic E-state index is 12.6. The molecule has 114 valence electrons. The van der Waals surface area contributed by atoms with Crippen LogP contribution in [0.5, 0.6) is 0 Å². The average Bonchev–Trinajstić information content (AvgIpc) is 2.78. The first-order valence-corrected chi connectivity index (χ1v) is 7.37. The zero-order chi connectivity index (χ0) is 14.5. The molecule has 0 saturated heterocycles. The molecule has 2 nitrogen and oxygen atoms in total. The highest BCUT2D eigenvalue weighted by Gasteiger charge is 2.34. The van der Waals surface area contributed by atoms with E-state index < -0.39 is 12.7 Å². The van der Waals surface area contributed by atoms with Crippen LogP contribution in [0.1, 0.15) is 46.5 Å². The molecule has 1 saturated carbocycles. The van der Waals surface area contributed by atoms with E-state index in [0.29, 0.717) is 12.5 Å². The van der Waals surface area contributed by atoms with Crippen molar-refractivity contribution < 1.29 is 13.2 Å². The van der Waals surface area contributed by atoms with Crippen LogP contribution in [-0.2, 0) is 0 Å². The van der Waals surface area contributed by atoms with Gasteiger partial charge in [-0.25, -0.2) is 0 Å². The lowest BCUT2D eigenvalue weighted by Gasteiger charge is -2.34. The van der Waals surface area contributed by atoms with E-state index in [1.807, 2.05) is 20.8 Å². The zero-order valence-corrected chi connectivity index (χ0v) is 12.3. The molecule has 0 spiro atoms. The van der Waals surface area contributed by atoms with E-state index in [1.165, 1.54) is 12.8 Å². The highest BCUT2D eigenvalue weighted by atomic mass is 19.4. The monoisotopic (exact) mass is 280 g/mol. The summed E-state index contributed by atoms with van der Waals surface area (Å²) in [5.74, 6) is 0.537. The van der Waals surface area contributed by atoms with E-state index in [0.717, 1.165) is 19.4 Å². The van der Waals surface area contributed by atoms with Gasteiger partial charge in [-0.15, -0.1) is 0 Å². The fraction of sp³-hybridized carbons (Fsp3) is 1.00. The van der Waals surface area contributed by atoms with Crippen LogP contribution < -0.4 is 5.32 Å². The summed E-state index contributed by atoms with van der Waals surface area (Å²) < 4.78 is 37.9. The highest BCUT2D eigenvalue weighted by Crippen LogP contribution is 2.29. The SMILES string of the molecule is CCNC(CN(CC(F)(F)F)C(C)C)C1CCCC1. The molecule has 1 rings (SSSR count). The van der Waals surface area contributed by atoms with Gasteiger partial charge in [0.2, 0.25) is 0 Å². The zero-order valence-electron chi connectivity index (χ0n) is 12.3. The number of likely N-dealkylation sites (N-methyl/N-ethyl adjacent to an activating group) is 1. The standard InChI is InChI=1S/C14H27F3N2/c1-4-18-13(12-7-5-6-8-12)9-19(11(2)3)10-14(15,16)17/h11-13,18H,4-10H2,1-3H3. The fourth-order valence-electron chi connectivity index (χ4n) is 2.94. The Balaban J connectivity index is 2.61. The van der Waals surface area contributed by atoms with Gasteiger partial charge in [-0.3, -0.25) is 4.90 Å². The Morgan fingerprint density at radius 2 is 1.79 bits per heavy atom. The van der Waals surface area contributed by atoms with Crippen molar-refractivity contribution in [3.63, 3.8) is 0 Å². The van der Waals surface area contributed by atoms with E-state index in [4.69, 9.17) is 0 Å². The molecule has 1 fully saturated rings. The van der Waals surface area contributed by atoms with Crippen molar-refractivity contribution >= 4 is 0 Å². The Kier molecular flexibility index (Phi) is 6.60. The Labute approximate surface area is 114 Å². The molecule has 19 heavy (non-hydrogen) atoms. The summed E-state index contributed by atoms with van der Waals surface area (Å²) in [5.41, 5.74) is 0. The summed E-state index contributed by atoms with van der Waals surface area (Å²) in [6.07, 6.45) is 0.614. The molecule has 0 aromatic carbocycles. The second kappa shape index (κ2) is 7.48. The molecule has 0 aromatic heterocycles. The number of hydrogen-bond donors (Lipinski definition) is 1. The van der Waals surface area contributed by atoms with Crippen molar-refractivity contribution in [1.82, 2.24) is 10.2 Å². The number of rotatable bonds is 7. The molecular formula is C14H27F3N2. The number of alkyl halides is 3. The minimum absolute atomic E-state index is 0.0795. The quantitative estimate of drug-likeness (QED) is 0.768. The smallest absolute Gasteiger partial charge is 0.313 e. The van der Waals surface area contributed by atoms with Gasteiger partial charge in [0.1, 0.15) is 0 Å². The van der Waals surface area contributed by atoms with Crippen molar-refractivity contribution in [1.29, 1.82) is 0 Å². The third-order valence-corrected chi connectivity index (χ3v) is 3.98. The number of nitrogens with zero attached hydrogens (tertiary/aromatic N) is 1. The van der Waals surface area contributed by atoms with Gasteiger partial charge in [-0.1, -0.05) is 19.8 Å². The summed E-state index contributed by atoms with van der Waals surface area (Å²) in [4.78, 5) is 1.55. The molecule has 5 heteroatoms. The molecule has 0 radical (unpaired) electrons. The van der Waals surface area contributed by atoms with Crippen LogP contribution in [0, 0.1) is 5.92 Å². The van der Waals surface area contributed by atoms with Crippen LogP contribution in [0.4, 0.5) is 13.2 Å². The molecule has 1 unspecified atom stereocenters. The molecule has 1 aliphatic rings. The van der Waals surface area contributed by atoms with Crippen LogP contribution >= 0.6 is 0 Å². The summed E-state index contributed by atoms with van der Waals surface area (Å²) in [5, 5.41) is 3.39. The largest absolute Gasteiger partial charge is 0.401 e. The van der Waals surface area contributed by atoms with Gasteiger partial charge in [-0.2, -0.15) is 13.2 Å². The first-order valence-electron chi connectivity index (χ1n) is 7.37. The molecule has 0 aliphatic heterocycles. The predicted molar refractivity (Wildman–Crippen MR) is 72.2 cm³/mol. The lowest BCUT2D eigenvalue weighted by Crippen LogP contribution is -2.49. The number of halogens is 3. The van der Waals surface area contributed by atoms with Gasteiger partial charge in [0, 0.05) is 18.6 Å². The molecular weight excluding hydrogens is 253 g/mol. The number of nitrogens with one attached hydrogen (secondary N) is 1. The van der Waals surface area contributed by atoms with Gasteiger partial charge >= 0.3 is 6.18 Å². The molecule has 0 amide bonds. The molecule has 0 heterocycles. The second-order valence-corrected chi connectivity index (χ2v) is 5.85. The normalized spacial score (nSPS) is 19.6. The lowest BCUT2D eigenvalue weighted by molar-refractivity contribution is -0.150. The maximum atomic E-state index is 12.6. The average molecular weight is 280 g/mol. The van der Waals surface area contributed by atoms with E-state index in [-0.39, 0.29) is 12.1 Å². The Morgan fingerprint density at radius 1 is 1.21 bits per heavy atom. The summed E-state index contributed by atoms with van der Waals surface area (Å²) >= 11 is 0. The van der Waals surface area contributed by atoms with Crippen LogP contribution in [0.25, 0.3) is 0 Å². The van der Waals surface area contributed by atoms with Crippen LogP contribution in [0.2, 0.25) is 0 Å². The Hall–Kier alpha value is -0.290. The minimum atomic E-state index is -4.11. The Bertz CT molecular complexity index is 248. The third-order valence-electron chi connectivity index (χ3n) is 3.98. The second-order valence-electron chi connectivity index (χ2n) is 5.85. The minimum Gasteiger partial charge on any atom is -0.313 e. The molecule has 0 bridgehead atoms. The Morgan fingerprint density at radius 3 is 2.21 bits per heavy atom. The topological polar surface area (TPSA) is 15.3 Å². The van der Waals surface area contributed by atoms with E-state index in [2.05, 4.69) is 5.32 Å². The van der Waals surface area contributed by atoms with E-state index >= 15 is 0 Å². The van der Waals surface area contributed by atoms with Gasteiger partial charge in [0.15, 0.2) is 0 Å². The maximum Gasteiger partial charge on any atom is 0.401 e. The van der Waals surface area contributed by atoms with Crippen molar-refractivity contribution in [2.24, 2.45) is 5.92 Å². The van der Waals surface area contributed by atoms with Gasteiger partial charge in [0.25, 0.3) is 0 Å². The van der Waals surface area contributed by atoms with Gasteiger partial charge in [-0.05, 0) is 39.2 Å². The van der Waals surface area contributed by atoms with Crippen LogP contribution in [0.15, 0.2) is 0 Å². The van der Waals surface area contributed by atoms with Gasteiger partial charge < -0.3 is 5.32 Å². The molecule has 1 atom stereocenters. The fourth-order valence-corrected chi connectivity index (χ4v) is 2.94. The van der Waals surface area contributed by atoms with Crippen LogP contribution in [-0.4, -0.2) is 42.8 Å². The third kappa shape index (κ3) is 6.13. The van der Waals surface area contributed by atoms with E-state index in [9.17, 15) is 13.2 Å². The first-order chi connectivity index (χ1) is 8.83. The lowest BCUT2D eigenvalue weighted by atomic mass is 9.97. The predicted octanol–water partition coefficient (Wildman–Crippen LogP) is 3.43. The van der Waals surface area contributed by atoms with Gasteiger partial charge in [0.05, 0.1) is 6.54 Å². The van der Waals surface area contributed by atoms with Crippen molar-refractivity contribution in [3.05, 3.63) is 0 Å². The van der Waals surface area contributed by atoms with Crippen molar-refractivity contribution in [2.75, 3.05) is 19.6 Å². The molecule has 0 aromatic rings. The van der Waals surface area contributed by atoms with Crippen molar-refractivity contribution in [2.45, 2.75) is 64.7 Å². The molecule has 1 aliphatic carbocycles. The first kappa shape index (κ1) is 16.8. The summed E-state index contributed by atoms with van der Waals surface area (Å²) in [7, 11) is 0. The van der Waals surface area contributed by atoms with Crippen LogP contribution in [0.3, 0.4) is 0 Å². The number of hydrogen-bond acceptors (Lipinski definition) is 2. The summed E-state index contributed by atoms with van der Waals surface area (Å²) in [6.45, 7) is 6.20. The molecule has 1 N–H and O–H groups in total. The van der Waals surface area contributed by atoms with Crippen molar-refractivity contribution in [3.8, 4) is 0 Å². The van der Waals surface area contributed by atoms with E-state index in [1.54, 1.807) is 4.90 Å². The highest BCUT2D eigenvalue weighted by molar-refractivity contribution is 4.84. The summed E-state index contributed by atoms with van der Waals surface area (Å²) in [6, 6.07) is 0.112.